The molecule has 11 nitrogen and oxygen atoms in total. The van der Waals surface area contributed by atoms with E-state index in [2.05, 4.69) is 25.4 Å². The molecular formula is C24H24N8O3. The Morgan fingerprint density at radius 3 is 2.74 bits per heavy atom. The van der Waals surface area contributed by atoms with Gasteiger partial charge in [-0.2, -0.15) is 0 Å². The van der Waals surface area contributed by atoms with Crippen LogP contribution in [0.1, 0.15) is 35.0 Å². The third kappa shape index (κ3) is 4.43. The van der Waals surface area contributed by atoms with Gasteiger partial charge in [-0.1, -0.05) is 0 Å². The molecule has 0 spiro atoms. The number of benzene rings is 2. The molecule has 0 saturated heterocycles. The van der Waals surface area contributed by atoms with Gasteiger partial charge in [0.2, 0.25) is 0 Å². The molecule has 5 N–H and O–H groups in total. The van der Waals surface area contributed by atoms with Gasteiger partial charge in [-0.05, 0) is 66.4 Å². The summed E-state index contributed by atoms with van der Waals surface area (Å²) in [6.45, 7) is 0.641. The molecule has 2 aromatic carbocycles. The number of rotatable bonds is 7. The molecule has 5 rings (SSSR count). The van der Waals surface area contributed by atoms with Gasteiger partial charge in [-0.3, -0.25) is 10.4 Å². The van der Waals surface area contributed by atoms with Crippen molar-refractivity contribution >= 4 is 11.5 Å². The Balaban J connectivity index is 1.60. The highest BCUT2D eigenvalue weighted by Crippen LogP contribution is 2.39. The number of aromatic nitrogens is 5. The van der Waals surface area contributed by atoms with E-state index in [-0.39, 0.29) is 11.8 Å². The van der Waals surface area contributed by atoms with E-state index in [1.165, 1.54) is 0 Å². The maximum atomic E-state index is 12.8. The predicted molar refractivity (Wildman–Crippen MR) is 130 cm³/mol. The molecule has 0 saturated carbocycles. The molecule has 178 valence electrons. The molecule has 3 heterocycles. The average molecular weight is 473 g/mol. The Bertz CT molecular complexity index is 1400. The standard InChI is InChI=1S/C24H24N8O3/c1-34-18-13-16(12-15-4-2-11-35-20(15)18)19(29-17-7-5-14(6-8-17)21(25)26)22-30-24(33)32(31-22)23-27-9-3-10-28-23/h3,5-10,12-13,19,29H,2,4,11H2,1H3,(H3,25,26)(H,30,31,33)/t19-/m0/s1. The molecule has 0 bridgehead atoms. The highest BCUT2D eigenvalue weighted by atomic mass is 16.5. The maximum absolute atomic E-state index is 12.8. The van der Waals surface area contributed by atoms with E-state index in [1.54, 1.807) is 37.7 Å². The fourth-order valence-corrected chi connectivity index (χ4v) is 4.02. The number of nitrogens with two attached hydrogens (primary N) is 1. The number of hydrogen-bond acceptors (Lipinski definition) is 8. The van der Waals surface area contributed by atoms with E-state index in [1.807, 2.05) is 24.3 Å². The number of fused-ring (bicyclic) bond motifs is 1. The summed E-state index contributed by atoms with van der Waals surface area (Å²) in [6, 6.07) is 12.2. The van der Waals surface area contributed by atoms with Gasteiger partial charge in [0.1, 0.15) is 11.9 Å². The number of aryl methyl sites for hydroxylation is 1. The van der Waals surface area contributed by atoms with Crippen molar-refractivity contribution in [1.29, 1.82) is 5.41 Å². The zero-order valence-corrected chi connectivity index (χ0v) is 19.0. The minimum Gasteiger partial charge on any atom is -0.493 e. The lowest BCUT2D eigenvalue weighted by atomic mass is 9.97. The summed E-state index contributed by atoms with van der Waals surface area (Å²) in [4.78, 5) is 23.9. The summed E-state index contributed by atoms with van der Waals surface area (Å²) >= 11 is 0. The maximum Gasteiger partial charge on any atom is 0.350 e. The number of nitrogens with zero attached hydrogens (tertiary/aromatic N) is 4. The number of amidine groups is 1. The van der Waals surface area contributed by atoms with E-state index >= 15 is 0 Å². The van der Waals surface area contributed by atoms with Crippen LogP contribution in [0, 0.1) is 5.41 Å². The van der Waals surface area contributed by atoms with Gasteiger partial charge in [0, 0.05) is 23.6 Å². The molecule has 1 atom stereocenters. The summed E-state index contributed by atoms with van der Waals surface area (Å²) < 4.78 is 12.6. The van der Waals surface area contributed by atoms with E-state index in [9.17, 15) is 4.79 Å². The lowest BCUT2D eigenvalue weighted by Gasteiger charge is -2.24. The highest BCUT2D eigenvalue weighted by Gasteiger charge is 2.25. The van der Waals surface area contributed by atoms with E-state index in [0.717, 1.165) is 40.1 Å². The Morgan fingerprint density at radius 2 is 2.03 bits per heavy atom. The van der Waals surface area contributed by atoms with E-state index in [0.29, 0.717) is 23.7 Å². The molecule has 35 heavy (non-hydrogen) atoms. The quantitative estimate of drug-likeness (QED) is 0.235. The molecule has 4 aromatic rings. The largest absolute Gasteiger partial charge is 0.493 e. The van der Waals surface area contributed by atoms with Crippen LogP contribution in [0.4, 0.5) is 5.69 Å². The highest BCUT2D eigenvalue weighted by molar-refractivity contribution is 5.95. The van der Waals surface area contributed by atoms with Crippen LogP contribution >= 0.6 is 0 Å². The fraction of sp³-hybridized carbons (Fsp3) is 0.208. The molecule has 1 aliphatic heterocycles. The van der Waals surface area contributed by atoms with Crippen molar-refractivity contribution in [2.75, 3.05) is 19.0 Å². The summed E-state index contributed by atoms with van der Waals surface area (Å²) in [6.07, 6.45) is 4.84. The number of nitrogens with one attached hydrogen (secondary N) is 3. The minimum absolute atomic E-state index is 0.0153. The number of H-pyrrole nitrogens is 1. The van der Waals surface area contributed by atoms with Crippen LogP contribution in [0.5, 0.6) is 11.5 Å². The van der Waals surface area contributed by atoms with Crippen LogP contribution in [-0.4, -0.2) is 44.3 Å². The smallest absolute Gasteiger partial charge is 0.350 e. The number of nitrogen functional groups attached to an aromatic ring is 1. The first-order chi connectivity index (χ1) is 17.0. The molecule has 1 aliphatic rings. The van der Waals surface area contributed by atoms with Crippen LogP contribution in [0.2, 0.25) is 0 Å². The third-order valence-corrected chi connectivity index (χ3v) is 5.70. The second kappa shape index (κ2) is 9.29. The topological polar surface area (TPSA) is 157 Å². The Kier molecular flexibility index (Phi) is 5.88. The second-order valence-corrected chi connectivity index (χ2v) is 8.01. The van der Waals surface area contributed by atoms with Crippen molar-refractivity contribution < 1.29 is 9.47 Å². The molecule has 0 amide bonds. The van der Waals surface area contributed by atoms with Gasteiger partial charge in [0.15, 0.2) is 17.3 Å². The van der Waals surface area contributed by atoms with Gasteiger partial charge in [-0.25, -0.2) is 14.8 Å². The van der Waals surface area contributed by atoms with Crippen LogP contribution in [0.15, 0.2) is 59.7 Å². The van der Waals surface area contributed by atoms with E-state index < -0.39 is 11.7 Å². The zero-order valence-electron chi connectivity index (χ0n) is 19.0. The molecule has 0 radical (unpaired) electrons. The summed E-state index contributed by atoms with van der Waals surface area (Å²) in [5, 5.41) is 15.6. The second-order valence-electron chi connectivity index (χ2n) is 8.01. The number of aromatic amines is 1. The number of methoxy groups -OCH3 is 1. The summed E-state index contributed by atoms with van der Waals surface area (Å²) in [5.41, 5.74) is 8.35. The molecule has 11 heteroatoms. The normalized spacial score (nSPS) is 13.4. The van der Waals surface area contributed by atoms with Crippen molar-refractivity contribution in [2.24, 2.45) is 5.73 Å². The van der Waals surface area contributed by atoms with Crippen LogP contribution in [-0.2, 0) is 6.42 Å². The minimum atomic E-state index is -0.544. The van der Waals surface area contributed by atoms with Crippen molar-refractivity contribution in [1.82, 2.24) is 24.7 Å². The van der Waals surface area contributed by atoms with Crippen molar-refractivity contribution in [2.45, 2.75) is 18.9 Å². The molecule has 0 aliphatic carbocycles. The number of hydrogen-bond donors (Lipinski definition) is 4. The van der Waals surface area contributed by atoms with Crippen LogP contribution in [0.25, 0.3) is 5.95 Å². The van der Waals surface area contributed by atoms with E-state index in [4.69, 9.17) is 20.6 Å². The Labute approximate surface area is 200 Å². The van der Waals surface area contributed by atoms with Crippen LogP contribution < -0.4 is 26.2 Å². The van der Waals surface area contributed by atoms with Gasteiger partial charge in [0.05, 0.1) is 13.7 Å². The zero-order chi connectivity index (χ0) is 24.4. The molecular weight excluding hydrogens is 448 g/mol. The van der Waals surface area contributed by atoms with Crippen molar-refractivity contribution in [3.8, 4) is 17.4 Å². The Hall–Kier alpha value is -4.67. The van der Waals surface area contributed by atoms with Crippen molar-refractivity contribution in [3.05, 3.63) is 87.9 Å². The fourth-order valence-electron chi connectivity index (χ4n) is 4.02. The molecule has 0 unspecified atom stereocenters. The first-order valence-corrected chi connectivity index (χ1v) is 11.0. The van der Waals surface area contributed by atoms with Gasteiger partial charge in [-0.15, -0.1) is 9.78 Å². The van der Waals surface area contributed by atoms with Crippen molar-refractivity contribution in [3.63, 3.8) is 0 Å². The Morgan fingerprint density at radius 1 is 1.26 bits per heavy atom. The molecule has 2 aromatic heterocycles. The van der Waals surface area contributed by atoms with Crippen LogP contribution in [0.3, 0.4) is 0 Å². The first kappa shape index (κ1) is 22.1. The van der Waals surface area contributed by atoms with Gasteiger partial charge >= 0.3 is 5.69 Å². The third-order valence-electron chi connectivity index (χ3n) is 5.70. The number of anilines is 1. The lowest BCUT2D eigenvalue weighted by molar-refractivity contribution is 0.269. The average Bonchev–Trinajstić information content (AvgIpc) is 3.28. The predicted octanol–water partition coefficient (Wildman–Crippen LogP) is 2.17. The van der Waals surface area contributed by atoms with Gasteiger partial charge in [0.25, 0.3) is 5.95 Å². The van der Waals surface area contributed by atoms with Gasteiger partial charge < -0.3 is 20.5 Å². The monoisotopic (exact) mass is 472 g/mol. The lowest BCUT2D eigenvalue weighted by Crippen LogP contribution is -2.18. The molecule has 0 fully saturated rings. The first-order valence-electron chi connectivity index (χ1n) is 11.0. The summed E-state index contributed by atoms with van der Waals surface area (Å²) in [5.74, 6) is 1.88. The number of ether oxygens (including phenoxy) is 2. The summed E-state index contributed by atoms with van der Waals surface area (Å²) in [7, 11) is 1.60. The SMILES string of the molecule is COc1cc([C@H](Nc2ccc(C(=N)N)cc2)c2nn(-c3ncccn3)c(=O)[nH]2)cc2c1OCCC2.